The quantitative estimate of drug-likeness (QED) is 0.823. The highest BCUT2D eigenvalue weighted by molar-refractivity contribution is 8.02. The van der Waals surface area contributed by atoms with Gasteiger partial charge in [0.1, 0.15) is 5.51 Å². The number of benzene rings is 1. The summed E-state index contributed by atoms with van der Waals surface area (Å²) >= 11 is 2.62. The summed E-state index contributed by atoms with van der Waals surface area (Å²) in [4.78, 5) is 23.5. The molecule has 0 aliphatic rings. The molecule has 2 aromatic rings. The number of nitrogens with one attached hydrogen (secondary N) is 2. The van der Waals surface area contributed by atoms with Gasteiger partial charge in [-0.15, -0.1) is 10.2 Å². The molecule has 1 aromatic carbocycles. The first-order valence-electron chi connectivity index (χ1n) is 6.20. The Morgan fingerprint density at radius 2 is 2.10 bits per heavy atom. The monoisotopic (exact) mass is 322 g/mol. The lowest BCUT2D eigenvalue weighted by Gasteiger charge is -2.10. The maximum atomic E-state index is 11.9. The number of carbonyl (C=O) groups excluding carboxylic acids is 2. The van der Waals surface area contributed by atoms with Crippen LogP contribution in [0.15, 0.2) is 40.2 Å². The maximum Gasteiger partial charge on any atom is 0.321 e. The molecule has 1 aromatic heterocycles. The predicted molar refractivity (Wildman–Crippen MR) is 82.0 cm³/mol. The van der Waals surface area contributed by atoms with Crippen molar-refractivity contribution in [3.8, 4) is 0 Å². The van der Waals surface area contributed by atoms with E-state index in [-0.39, 0.29) is 5.91 Å². The minimum atomic E-state index is -0.506. The molecule has 0 saturated heterocycles. The molecule has 0 aliphatic heterocycles. The van der Waals surface area contributed by atoms with Gasteiger partial charge in [-0.2, -0.15) is 0 Å². The normalized spacial score (nSPS) is 11.7. The second-order valence-corrected chi connectivity index (χ2v) is 6.54. The number of amides is 3. The lowest BCUT2D eigenvalue weighted by Crippen LogP contribution is -2.42. The second-order valence-electron chi connectivity index (χ2n) is 4.12. The van der Waals surface area contributed by atoms with Crippen LogP contribution in [0.1, 0.15) is 12.5 Å². The molecule has 3 amide bonds. The largest absolute Gasteiger partial charge is 0.334 e. The zero-order valence-electron chi connectivity index (χ0n) is 11.3. The first kappa shape index (κ1) is 15.5. The summed E-state index contributed by atoms with van der Waals surface area (Å²) in [5, 5.41) is 12.1. The summed E-state index contributed by atoms with van der Waals surface area (Å²) in [5.74, 6) is -0.360. The van der Waals surface area contributed by atoms with Crippen LogP contribution in [0.25, 0.3) is 0 Å². The molecule has 1 atom stereocenters. The summed E-state index contributed by atoms with van der Waals surface area (Å²) in [7, 11) is 0. The van der Waals surface area contributed by atoms with Crippen molar-refractivity contribution in [2.75, 3.05) is 0 Å². The zero-order chi connectivity index (χ0) is 15.1. The van der Waals surface area contributed by atoms with E-state index in [0.717, 1.165) is 5.56 Å². The predicted octanol–water partition coefficient (Wildman–Crippen LogP) is 2.04. The van der Waals surface area contributed by atoms with Crippen LogP contribution in [-0.4, -0.2) is 27.4 Å². The molecule has 0 unspecified atom stereocenters. The third-order valence-corrected chi connectivity index (χ3v) is 4.43. The molecule has 1 heterocycles. The van der Waals surface area contributed by atoms with Gasteiger partial charge in [-0.05, 0) is 12.5 Å². The number of nitrogens with zero attached hydrogens (tertiary/aromatic N) is 2. The van der Waals surface area contributed by atoms with Crippen molar-refractivity contribution >= 4 is 35.0 Å². The first-order valence-corrected chi connectivity index (χ1v) is 7.96. The number of hydrogen-bond donors (Lipinski definition) is 2. The van der Waals surface area contributed by atoms with Gasteiger partial charge in [0.15, 0.2) is 4.34 Å². The average molecular weight is 322 g/mol. The molecule has 0 fully saturated rings. The van der Waals surface area contributed by atoms with E-state index < -0.39 is 11.3 Å². The highest BCUT2D eigenvalue weighted by atomic mass is 32.2. The van der Waals surface area contributed by atoms with E-state index in [2.05, 4.69) is 20.8 Å². The zero-order valence-corrected chi connectivity index (χ0v) is 12.9. The Morgan fingerprint density at radius 3 is 2.76 bits per heavy atom. The van der Waals surface area contributed by atoms with E-state index in [0.29, 0.717) is 10.9 Å². The van der Waals surface area contributed by atoms with Gasteiger partial charge in [0.25, 0.3) is 0 Å². The molecule has 0 saturated carbocycles. The Bertz CT molecular complexity index is 589. The van der Waals surface area contributed by atoms with Crippen LogP contribution in [0.4, 0.5) is 4.79 Å². The molecule has 21 heavy (non-hydrogen) atoms. The van der Waals surface area contributed by atoms with E-state index in [1.165, 1.54) is 23.1 Å². The Balaban J connectivity index is 1.75. The highest BCUT2D eigenvalue weighted by Crippen LogP contribution is 2.23. The van der Waals surface area contributed by atoms with Gasteiger partial charge in [0.2, 0.25) is 5.91 Å². The van der Waals surface area contributed by atoms with Crippen LogP contribution in [-0.2, 0) is 11.3 Å². The lowest BCUT2D eigenvalue weighted by molar-refractivity contribution is -0.119. The molecule has 0 spiro atoms. The Hall–Kier alpha value is -1.93. The van der Waals surface area contributed by atoms with Gasteiger partial charge in [0.05, 0.1) is 5.25 Å². The third-order valence-electron chi connectivity index (χ3n) is 2.52. The Labute approximate surface area is 130 Å². The smallest absolute Gasteiger partial charge is 0.321 e. The average Bonchev–Trinajstić information content (AvgIpc) is 2.99. The maximum absolute atomic E-state index is 11.9. The van der Waals surface area contributed by atoms with Gasteiger partial charge in [-0.25, -0.2) is 4.79 Å². The fourth-order valence-electron chi connectivity index (χ4n) is 1.45. The van der Waals surface area contributed by atoms with Crippen molar-refractivity contribution < 1.29 is 9.59 Å². The molecular weight excluding hydrogens is 308 g/mol. The SMILES string of the molecule is C[C@@H](Sc1nncs1)C(=O)NC(=O)NCc1ccccc1. The molecule has 6 nitrogen and oxygen atoms in total. The van der Waals surface area contributed by atoms with Crippen molar-refractivity contribution in [1.82, 2.24) is 20.8 Å². The Kier molecular flexibility index (Phi) is 5.70. The molecule has 2 rings (SSSR count). The van der Waals surface area contributed by atoms with Gasteiger partial charge in [-0.3, -0.25) is 10.1 Å². The standard InChI is InChI=1S/C13H14N4O2S2/c1-9(21-13-17-15-8-20-13)11(18)16-12(19)14-7-10-5-3-2-4-6-10/h2-6,8-9H,7H2,1H3,(H2,14,16,18,19)/t9-/m1/s1. The van der Waals surface area contributed by atoms with Crippen molar-refractivity contribution in [2.45, 2.75) is 23.1 Å². The fourth-order valence-corrected chi connectivity index (χ4v) is 3.08. The van der Waals surface area contributed by atoms with E-state index in [9.17, 15) is 9.59 Å². The van der Waals surface area contributed by atoms with E-state index in [4.69, 9.17) is 0 Å². The summed E-state index contributed by atoms with van der Waals surface area (Å²) in [5.41, 5.74) is 2.57. The van der Waals surface area contributed by atoms with Crippen LogP contribution in [0.3, 0.4) is 0 Å². The van der Waals surface area contributed by atoms with Gasteiger partial charge < -0.3 is 5.32 Å². The van der Waals surface area contributed by atoms with Crippen molar-refractivity contribution in [3.63, 3.8) is 0 Å². The molecule has 2 N–H and O–H groups in total. The number of hydrogen-bond acceptors (Lipinski definition) is 6. The third kappa shape index (κ3) is 5.16. The van der Waals surface area contributed by atoms with Crippen molar-refractivity contribution in [2.24, 2.45) is 0 Å². The number of carbonyl (C=O) groups is 2. The van der Waals surface area contributed by atoms with Gasteiger partial charge in [0, 0.05) is 6.54 Å². The van der Waals surface area contributed by atoms with Crippen molar-refractivity contribution in [3.05, 3.63) is 41.4 Å². The number of imide groups is 1. The van der Waals surface area contributed by atoms with Crippen LogP contribution in [0.5, 0.6) is 0 Å². The second kappa shape index (κ2) is 7.75. The first-order chi connectivity index (χ1) is 10.1. The molecule has 0 bridgehead atoms. The minimum absolute atomic E-state index is 0.360. The Morgan fingerprint density at radius 1 is 1.33 bits per heavy atom. The summed E-state index contributed by atoms with van der Waals surface area (Å²) in [6, 6.07) is 8.97. The topological polar surface area (TPSA) is 84.0 Å². The molecular formula is C13H14N4O2S2. The number of thioether (sulfide) groups is 1. The van der Waals surface area contributed by atoms with Crippen LogP contribution < -0.4 is 10.6 Å². The highest BCUT2D eigenvalue weighted by Gasteiger charge is 2.18. The van der Waals surface area contributed by atoms with Gasteiger partial charge in [-0.1, -0.05) is 53.4 Å². The molecule has 8 heteroatoms. The lowest BCUT2D eigenvalue weighted by atomic mass is 10.2. The van der Waals surface area contributed by atoms with Crippen LogP contribution in [0, 0.1) is 0 Å². The van der Waals surface area contributed by atoms with Crippen LogP contribution >= 0.6 is 23.1 Å². The van der Waals surface area contributed by atoms with Crippen molar-refractivity contribution in [1.29, 1.82) is 0 Å². The summed E-state index contributed by atoms with van der Waals surface area (Å²) in [6.07, 6.45) is 0. The van der Waals surface area contributed by atoms with Crippen LogP contribution in [0.2, 0.25) is 0 Å². The summed E-state index contributed by atoms with van der Waals surface area (Å²) < 4.78 is 0.697. The summed E-state index contributed by atoms with van der Waals surface area (Å²) in [6.45, 7) is 2.09. The van der Waals surface area contributed by atoms with E-state index >= 15 is 0 Å². The number of aromatic nitrogens is 2. The number of rotatable bonds is 5. The fraction of sp³-hybridized carbons (Fsp3) is 0.231. The molecule has 110 valence electrons. The van der Waals surface area contributed by atoms with E-state index in [1.54, 1.807) is 12.4 Å². The molecule has 0 radical (unpaired) electrons. The molecule has 0 aliphatic carbocycles. The van der Waals surface area contributed by atoms with E-state index in [1.807, 2.05) is 30.3 Å². The minimum Gasteiger partial charge on any atom is -0.334 e. The number of urea groups is 1. The van der Waals surface area contributed by atoms with Gasteiger partial charge >= 0.3 is 6.03 Å².